The minimum atomic E-state index is -0.134. The molecule has 3 nitrogen and oxygen atoms in total. The molecule has 0 N–H and O–H groups in total. The number of anilines is 1. The fourth-order valence-corrected chi connectivity index (χ4v) is 0.967. The Labute approximate surface area is 83.7 Å². The summed E-state index contributed by atoms with van der Waals surface area (Å²) in [5.41, 5.74) is 0. The van der Waals surface area contributed by atoms with E-state index in [1.807, 2.05) is 0 Å². The predicted molar refractivity (Wildman–Crippen MR) is 51.3 cm³/mol. The van der Waals surface area contributed by atoms with Crippen LogP contribution in [0.2, 0.25) is 5.02 Å². The molecule has 64 valence electrons. The van der Waals surface area contributed by atoms with Crippen LogP contribution in [-0.2, 0) is 4.79 Å². The molecule has 12 heavy (non-hydrogen) atoms. The molecule has 0 unspecified atom stereocenters. The van der Waals surface area contributed by atoms with Crippen molar-refractivity contribution in [3.63, 3.8) is 0 Å². The molecule has 0 radical (unpaired) electrons. The maximum atomic E-state index is 10.8. The van der Waals surface area contributed by atoms with E-state index in [1.165, 1.54) is 17.0 Å². The van der Waals surface area contributed by atoms with Crippen LogP contribution in [0, 0.1) is 0 Å². The Morgan fingerprint density at radius 3 is 2.75 bits per heavy atom. The van der Waals surface area contributed by atoms with E-state index in [0.717, 1.165) is 0 Å². The Hall–Kier alpha value is -0.610. The van der Waals surface area contributed by atoms with Gasteiger partial charge in [-0.1, -0.05) is 11.6 Å². The summed E-state index contributed by atoms with van der Waals surface area (Å²) >= 11 is 8.67. The van der Waals surface area contributed by atoms with Crippen LogP contribution < -0.4 is 3.93 Å². The van der Waals surface area contributed by atoms with Gasteiger partial charge < -0.3 is 0 Å². The van der Waals surface area contributed by atoms with Gasteiger partial charge in [0.1, 0.15) is 5.82 Å². The SMILES string of the molecule is CC(=O)N(Br)c1ccc(Cl)cn1. The lowest BCUT2D eigenvalue weighted by molar-refractivity contribution is -0.115. The first kappa shape index (κ1) is 9.48. The van der Waals surface area contributed by atoms with Crippen LogP contribution in [0.1, 0.15) is 6.92 Å². The average Bonchev–Trinajstić information content (AvgIpc) is 2.04. The van der Waals surface area contributed by atoms with E-state index in [-0.39, 0.29) is 5.91 Å². The number of rotatable bonds is 1. The maximum absolute atomic E-state index is 10.8. The summed E-state index contributed by atoms with van der Waals surface area (Å²) in [4.78, 5) is 14.8. The molecule has 0 saturated heterocycles. The maximum Gasteiger partial charge on any atom is 0.235 e. The summed E-state index contributed by atoms with van der Waals surface area (Å²) in [6.45, 7) is 1.44. The summed E-state index contributed by atoms with van der Waals surface area (Å²) in [5.74, 6) is 0.386. The minimum absolute atomic E-state index is 0.134. The molecule has 1 amide bonds. The van der Waals surface area contributed by atoms with Crippen LogP contribution in [0.25, 0.3) is 0 Å². The number of hydrogen-bond donors (Lipinski definition) is 0. The standard InChI is InChI=1S/C7H6BrClN2O/c1-5(12)11(8)7-3-2-6(9)4-10-7/h2-4H,1H3. The highest BCUT2D eigenvalue weighted by Crippen LogP contribution is 2.16. The Morgan fingerprint density at radius 1 is 1.67 bits per heavy atom. The van der Waals surface area contributed by atoms with Gasteiger partial charge >= 0.3 is 0 Å². The number of amides is 1. The Morgan fingerprint density at radius 2 is 2.33 bits per heavy atom. The van der Waals surface area contributed by atoms with Crippen molar-refractivity contribution in [3.8, 4) is 0 Å². The van der Waals surface area contributed by atoms with Gasteiger partial charge in [0.2, 0.25) is 5.91 Å². The van der Waals surface area contributed by atoms with E-state index in [1.54, 1.807) is 12.1 Å². The Bertz CT molecular complexity index is 288. The third-order valence-electron chi connectivity index (χ3n) is 1.19. The lowest BCUT2D eigenvalue weighted by atomic mass is 10.4. The summed E-state index contributed by atoms with van der Waals surface area (Å²) in [6.07, 6.45) is 1.48. The number of carbonyl (C=O) groups is 1. The number of hydrogen-bond acceptors (Lipinski definition) is 2. The van der Waals surface area contributed by atoms with Crippen LogP contribution in [-0.4, -0.2) is 10.9 Å². The van der Waals surface area contributed by atoms with E-state index in [9.17, 15) is 4.79 Å². The van der Waals surface area contributed by atoms with Crippen LogP contribution >= 0.6 is 27.7 Å². The monoisotopic (exact) mass is 248 g/mol. The number of aromatic nitrogens is 1. The van der Waals surface area contributed by atoms with E-state index < -0.39 is 0 Å². The minimum Gasteiger partial charge on any atom is -0.274 e. The molecule has 0 aliphatic carbocycles. The molecule has 0 aliphatic heterocycles. The molecule has 0 atom stereocenters. The molecule has 5 heteroatoms. The van der Waals surface area contributed by atoms with Crippen molar-refractivity contribution in [1.82, 2.24) is 4.98 Å². The second-order valence-corrected chi connectivity index (χ2v) is 3.28. The van der Waals surface area contributed by atoms with Gasteiger partial charge in [-0.25, -0.2) is 8.91 Å². The van der Waals surface area contributed by atoms with Crippen molar-refractivity contribution in [2.75, 3.05) is 3.93 Å². The molecule has 0 saturated carbocycles. The molecule has 0 aromatic carbocycles. The molecule has 1 aromatic rings. The van der Waals surface area contributed by atoms with Crippen molar-refractivity contribution in [3.05, 3.63) is 23.4 Å². The van der Waals surface area contributed by atoms with Crippen molar-refractivity contribution in [2.24, 2.45) is 0 Å². The van der Waals surface area contributed by atoms with Gasteiger partial charge in [-0.3, -0.25) is 4.79 Å². The van der Waals surface area contributed by atoms with Crippen LogP contribution in [0.3, 0.4) is 0 Å². The lowest BCUT2D eigenvalue weighted by Crippen LogP contribution is -2.16. The van der Waals surface area contributed by atoms with Crippen LogP contribution in [0.15, 0.2) is 18.3 Å². The Balaban J connectivity index is 2.89. The number of pyridine rings is 1. The zero-order valence-corrected chi connectivity index (χ0v) is 8.63. The van der Waals surface area contributed by atoms with Crippen LogP contribution in [0.4, 0.5) is 5.82 Å². The zero-order chi connectivity index (χ0) is 9.14. The van der Waals surface area contributed by atoms with Gasteiger partial charge in [-0.2, -0.15) is 0 Å². The summed E-state index contributed by atoms with van der Waals surface area (Å²) in [5, 5.41) is 0.545. The lowest BCUT2D eigenvalue weighted by Gasteiger charge is -2.09. The average molecular weight is 249 g/mol. The van der Waals surface area contributed by atoms with Crippen molar-refractivity contribution in [2.45, 2.75) is 6.92 Å². The Kier molecular flexibility index (Phi) is 3.05. The van der Waals surface area contributed by atoms with E-state index in [4.69, 9.17) is 11.6 Å². The molecule has 1 rings (SSSR count). The highest BCUT2D eigenvalue weighted by atomic mass is 79.9. The van der Waals surface area contributed by atoms with Gasteiger partial charge in [0, 0.05) is 13.1 Å². The molecule has 0 aliphatic rings. The second-order valence-electron chi connectivity index (χ2n) is 2.13. The molecule has 0 spiro atoms. The predicted octanol–water partition coefficient (Wildman–Crippen LogP) is 2.40. The summed E-state index contributed by atoms with van der Waals surface area (Å²) < 4.78 is 1.27. The quantitative estimate of drug-likeness (QED) is 0.716. The van der Waals surface area contributed by atoms with Gasteiger partial charge in [0.25, 0.3) is 0 Å². The second kappa shape index (κ2) is 3.87. The van der Waals surface area contributed by atoms with Crippen LogP contribution in [0.5, 0.6) is 0 Å². The van der Waals surface area contributed by atoms with Gasteiger partial charge in [0.15, 0.2) is 0 Å². The zero-order valence-electron chi connectivity index (χ0n) is 6.29. The normalized spacial score (nSPS) is 9.58. The van der Waals surface area contributed by atoms with E-state index in [2.05, 4.69) is 21.1 Å². The number of carbonyl (C=O) groups excluding carboxylic acids is 1. The van der Waals surface area contributed by atoms with Gasteiger partial charge in [0.05, 0.1) is 21.2 Å². The first-order chi connectivity index (χ1) is 5.61. The van der Waals surface area contributed by atoms with Gasteiger partial charge in [-0.15, -0.1) is 0 Å². The molecular weight excluding hydrogens is 243 g/mol. The molecule has 0 fully saturated rings. The van der Waals surface area contributed by atoms with Gasteiger partial charge in [-0.05, 0) is 12.1 Å². The van der Waals surface area contributed by atoms with Crippen molar-refractivity contribution in [1.29, 1.82) is 0 Å². The van der Waals surface area contributed by atoms with E-state index >= 15 is 0 Å². The first-order valence-corrected chi connectivity index (χ1v) is 4.28. The topological polar surface area (TPSA) is 33.2 Å². The third-order valence-corrected chi connectivity index (χ3v) is 2.28. The number of halogens is 2. The smallest absolute Gasteiger partial charge is 0.235 e. The molecule has 1 aromatic heterocycles. The fourth-order valence-electron chi connectivity index (χ4n) is 0.645. The molecular formula is C7H6BrClN2O. The highest BCUT2D eigenvalue weighted by molar-refractivity contribution is 9.10. The van der Waals surface area contributed by atoms with E-state index in [0.29, 0.717) is 10.8 Å². The number of nitrogens with zero attached hydrogens (tertiary/aromatic N) is 2. The van der Waals surface area contributed by atoms with Crippen molar-refractivity contribution < 1.29 is 4.79 Å². The third kappa shape index (κ3) is 2.19. The largest absolute Gasteiger partial charge is 0.274 e. The van der Waals surface area contributed by atoms with Crippen molar-refractivity contribution >= 4 is 39.5 Å². The first-order valence-electron chi connectivity index (χ1n) is 3.19. The molecule has 0 bridgehead atoms. The fraction of sp³-hybridized carbons (Fsp3) is 0.143. The molecule has 1 heterocycles. The summed E-state index contributed by atoms with van der Waals surface area (Å²) in [6, 6.07) is 3.32. The summed E-state index contributed by atoms with van der Waals surface area (Å²) in [7, 11) is 0. The highest BCUT2D eigenvalue weighted by Gasteiger charge is 2.07.